The van der Waals surface area contributed by atoms with Crippen LogP contribution in [0.4, 0.5) is 26.3 Å². The van der Waals surface area contributed by atoms with Crippen LogP contribution in [0.1, 0.15) is 74.1 Å². The maximum absolute atomic E-state index is 13.3. The predicted octanol–water partition coefficient (Wildman–Crippen LogP) is 6.98. The van der Waals surface area contributed by atoms with E-state index in [9.17, 15) is 35.9 Å². The normalized spacial score (nSPS) is 21.2. The minimum Gasteiger partial charge on any atom is -0.466 e. The van der Waals surface area contributed by atoms with E-state index in [0.29, 0.717) is 37.8 Å². The number of rotatable bonds is 7. The molecule has 0 radical (unpaired) electrons. The van der Waals surface area contributed by atoms with Crippen LogP contribution in [0.2, 0.25) is 0 Å². The first-order valence-corrected chi connectivity index (χ1v) is 12.1. The Labute approximate surface area is 211 Å². The van der Waals surface area contributed by atoms with E-state index in [2.05, 4.69) is 5.32 Å². The summed E-state index contributed by atoms with van der Waals surface area (Å²) in [7, 11) is 0. The summed E-state index contributed by atoms with van der Waals surface area (Å²) in [4.78, 5) is 25.2. The van der Waals surface area contributed by atoms with Crippen LogP contribution in [0.25, 0.3) is 0 Å². The number of benzene rings is 2. The molecular formula is C27H29F6NO3. The topological polar surface area (TPSA) is 55.4 Å². The fourth-order valence-electron chi connectivity index (χ4n) is 4.80. The molecule has 1 aliphatic rings. The fourth-order valence-corrected chi connectivity index (χ4v) is 4.80. The molecule has 0 spiro atoms. The van der Waals surface area contributed by atoms with Gasteiger partial charge < -0.3 is 10.1 Å². The summed E-state index contributed by atoms with van der Waals surface area (Å²) in [5, 5.41) is 2.94. The molecule has 1 N–H and O–H groups in total. The lowest BCUT2D eigenvalue weighted by atomic mass is 9.71. The standard InChI is InChI=1S/C27H29F6NO3/c1-3-37-23(35)13-18-9-11-25(12-10-18,20-7-5-4-6-8-20)34-24(36)17(2)19-14-21(26(28,29)30)16-22(15-19)27(31,32)33/h4-8,14-18H,3,9-13H2,1-2H3,(H,34,36). The molecule has 0 aliphatic heterocycles. The second-order valence-corrected chi connectivity index (χ2v) is 9.45. The molecule has 0 bridgehead atoms. The second kappa shape index (κ2) is 11.1. The van der Waals surface area contributed by atoms with Gasteiger partial charge in [-0.2, -0.15) is 26.3 Å². The Morgan fingerprint density at radius 1 is 0.973 bits per heavy atom. The van der Waals surface area contributed by atoms with Gasteiger partial charge in [-0.1, -0.05) is 30.3 Å². The van der Waals surface area contributed by atoms with E-state index >= 15 is 0 Å². The van der Waals surface area contributed by atoms with Crippen LogP contribution in [0.3, 0.4) is 0 Å². The zero-order valence-electron chi connectivity index (χ0n) is 20.5. The van der Waals surface area contributed by atoms with Gasteiger partial charge in [0.25, 0.3) is 0 Å². The molecule has 1 amide bonds. The number of hydrogen-bond acceptors (Lipinski definition) is 3. The first-order valence-electron chi connectivity index (χ1n) is 12.1. The Morgan fingerprint density at radius 2 is 1.51 bits per heavy atom. The highest BCUT2D eigenvalue weighted by atomic mass is 19.4. The highest BCUT2D eigenvalue weighted by Gasteiger charge is 2.41. The highest BCUT2D eigenvalue weighted by molar-refractivity contribution is 5.84. The summed E-state index contributed by atoms with van der Waals surface area (Å²) in [6.45, 7) is 3.28. The van der Waals surface area contributed by atoms with Crippen LogP contribution >= 0.6 is 0 Å². The number of nitrogens with one attached hydrogen (secondary N) is 1. The van der Waals surface area contributed by atoms with Crippen molar-refractivity contribution in [3.63, 3.8) is 0 Å². The molecule has 202 valence electrons. The Hall–Kier alpha value is -3.04. The lowest BCUT2D eigenvalue weighted by Gasteiger charge is -2.42. The molecule has 1 saturated carbocycles. The smallest absolute Gasteiger partial charge is 0.416 e. The van der Waals surface area contributed by atoms with Gasteiger partial charge in [-0.25, -0.2) is 0 Å². The van der Waals surface area contributed by atoms with Gasteiger partial charge in [0.1, 0.15) is 0 Å². The molecular weight excluding hydrogens is 500 g/mol. The van der Waals surface area contributed by atoms with E-state index < -0.39 is 40.8 Å². The third kappa shape index (κ3) is 7.05. The van der Waals surface area contributed by atoms with Gasteiger partial charge in [0, 0.05) is 6.42 Å². The number of hydrogen-bond donors (Lipinski definition) is 1. The van der Waals surface area contributed by atoms with Crippen molar-refractivity contribution >= 4 is 11.9 Å². The lowest BCUT2D eigenvalue weighted by Crippen LogP contribution is -2.49. The van der Waals surface area contributed by atoms with E-state index in [-0.39, 0.29) is 36.5 Å². The lowest BCUT2D eigenvalue weighted by molar-refractivity contribution is -0.145. The molecule has 0 saturated heterocycles. The average Bonchev–Trinajstić information content (AvgIpc) is 2.84. The van der Waals surface area contributed by atoms with Crippen LogP contribution in [-0.2, 0) is 32.2 Å². The Kier molecular flexibility index (Phi) is 8.59. The van der Waals surface area contributed by atoms with Crippen molar-refractivity contribution in [2.75, 3.05) is 6.61 Å². The van der Waals surface area contributed by atoms with Crippen molar-refractivity contribution in [1.29, 1.82) is 0 Å². The zero-order chi connectivity index (χ0) is 27.4. The number of alkyl halides is 6. The van der Waals surface area contributed by atoms with Crippen molar-refractivity contribution in [2.24, 2.45) is 5.92 Å². The molecule has 0 heterocycles. The largest absolute Gasteiger partial charge is 0.466 e. The number of ether oxygens (including phenoxy) is 1. The van der Waals surface area contributed by atoms with Crippen molar-refractivity contribution < 1.29 is 40.7 Å². The molecule has 3 rings (SSSR count). The van der Waals surface area contributed by atoms with Crippen LogP contribution in [0.15, 0.2) is 48.5 Å². The van der Waals surface area contributed by atoms with E-state index in [4.69, 9.17) is 4.74 Å². The third-order valence-electron chi connectivity index (χ3n) is 6.91. The van der Waals surface area contributed by atoms with Crippen LogP contribution < -0.4 is 5.32 Å². The minimum absolute atomic E-state index is 0.0445. The SMILES string of the molecule is CCOC(=O)CC1CCC(NC(=O)C(C)c2cc(C(F)(F)F)cc(C(F)(F)F)c2)(c2ccccc2)CC1. The summed E-state index contributed by atoms with van der Waals surface area (Å²) >= 11 is 0. The van der Waals surface area contributed by atoms with Crippen molar-refractivity contribution in [3.8, 4) is 0 Å². The number of amides is 1. The van der Waals surface area contributed by atoms with E-state index in [1.54, 1.807) is 25.1 Å². The van der Waals surface area contributed by atoms with Gasteiger partial charge in [0.05, 0.1) is 29.2 Å². The zero-order valence-corrected chi connectivity index (χ0v) is 20.5. The first-order chi connectivity index (χ1) is 17.2. The van der Waals surface area contributed by atoms with E-state index in [0.717, 1.165) is 5.56 Å². The summed E-state index contributed by atoms with van der Waals surface area (Å²) in [5.74, 6) is -2.22. The molecule has 4 nitrogen and oxygen atoms in total. The predicted molar refractivity (Wildman–Crippen MR) is 124 cm³/mol. The van der Waals surface area contributed by atoms with Gasteiger partial charge in [-0.3, -0.25) is 9.59 Å². The molecule has 1 atom stereocenters. The fraction of sp³-hybridized carbons (Fsp3) is 0.481. The van der Waals surface area contributed by atoms with Crippen molar-refractivity contribution in [1.82, 2.24) is 5.32 Å². The molecule has 37 heavy (non-hydrogen) atoms. The van der Waals surface area contributed by atoms with Crippen LogP contribution in [-0.4, -0.2) is 18.5 Å². The molecule has 1 unspecified atom stereocenters. The van der Waals surface area contributed by atoms with E-state index in [1.807, 2.05) is 12.1 Å². The van der Waals surface area contributed by atoms with Crippen molar-refractivity contribution in [2.45, 2.75) is 69.8 Å². The summed E-state index contributed by atoms with van der Waals surface area (Å²) in [6, 6.07) is 10.3. The molecule has 2 aromatic rings. The number of carbonyl (C=O) groups is 2. The summed E-state index contributed by atoms with van der Waals surface area (Å²) in [5.41, 5.74) is -3.39. The quantitative estimate of drug-likeness (QED) is 0.311. The minimum atomic E-state index is -5.01. The van der Waals surface area contributed by atoms with Gasteiger partial charge in [0.2, 0.25) is 5.91 Å². The molecule has 2 aromatic carbocycles. The monoisotopic (exact) mass is 529 g/mol. The maximum Gasteiger partial charge on any atom is 0.416 e. The number of carbonyl (C=O) groups excluding carboxylic acids is 2. The Morgan fingerprint density at radius 3 is 2.00 bits per heavy atom. The third-order valence-corrected chi connectivity index (χ3v) is 6.91. The van der Waals surface area contributed by atoms with Crippen molar-refractivity contribution in [3.05, 3.63) is 70.8 Å². The average molecular weight is 530 g/mol. The van der Waals surface area contributed by atoms with Crippen LogP contribution in [0.5, 0.6) is 0 Å². The van der Waals surface area contributed by atoms with Gasteiger partial charge >= 0.3 is 18.3 Å². The number of esters is 1. The molecule has 0 aromatic heterocycles. The highest BCUT2D eigenvalue weighted by Crippen LogP contribution is 2.42. The van der Waals surface area contributed by atoms with E-state index in [1.165, 1.54) is 6.92 Å². The summed E-state index contributed by atoms with van der Waals surface area (Å²) < 4.78 is 85.0. The second-order valence-electron chi connectivity index (χ2n) is 9.45. The van der Waals surface area contributed by atoms with Crippen LogP contribution in [0, 0.1) is 5.92 Å². The first kappa shape index (κ1) is 28.5. The molecule has 10 heteroatoms. The van der Waals surface area contributed by atoms with Gasteiger partial charge in [-0.05, 0) is 74.8 Å². The summed E-state index contributed by atoms with van der Waals surface area (Å²) in [6.07, 6.45) is -7.68. The van der Waals surface area contributed by atoms with Gasteiger partial charge in [0.15, 0.2) is 0 Å². The molecule has 1 aliphatic carbocycles. The number of halogens is 6. The Balaban J connectivity index is 1.88. The van der Waals surface area contributed by atoms with Gasteiger partial charge in [-0.15, -0.1) is 0 Å². The maximum atomic E-state index is 13.3. The molecule has 1 fully saturated rings. The Bertz CT molecular complexity index is 1060.